The highest BCUT2D eigenvalue weighted by molar-refractivity contribution is 7.10. The molecular formula is C29H30N4O5S. The van der Waals surface area contributed by atoms with Gasteiger partial charge < -0.3 is 24.2 Å². The Labute approximate surface area is 230 Å². The summed E-state index contributed by atoms with van der Waals surface area (Å²) in [6.45, 7) is 4.84. The number of benzene rings is 2. The van der Waals surface area contributed by atoms with E-state index >= 15 is 0 Å². The van der Waals surface area contributed by atoms with Gasteiger partial charge in [-0.1, -0.05) is 35.5 Å². The maximum Gasteiger partial charge on any atom is 0.275 e. The normalized spacial score (nSPS) is 13.8. The molecule has 0 atom stereocenters. The van der Waals surface area contributed by atoms with Crippen molar-refractivity contribution in [1.29, 1.82) is 0 Å². The third-order valence-electron chi connectivity index (χ3n) is 6.99. The van der Waals surface area contributed by atoms with Crippen LogP contribution in [0.15, 0.2) is 52.4 Å². The number of aryl methyl sites for hydroxylation is 2. The number of piperidine rings is 1. The van der Waals surface area contributed by atoms with Gasteiger partial charge in [0.05, 0.1) is 19.2 Å². The lowest BCUT2D eigenvalue weighted by Gasteiger charge is -2.31. The molecule has 1 N–H and O–H groups in total. The lowest BCUT2D eigenvalue weighted by Crippen LogP contribution is -2.38. The van der Waals surface area contributed by atoms with Crippen molar-refractivity contribution in [2.75, 3.05) is 32.6 Å². The van der Waals surface area contributed by atoms with Crippen molar-refractivity contribution in [1.82, 2.24) is 15.0 Å². The number of thiazole rings is 1. The van der Waals surface area contributed by atoms with Gasteiger partial charge >= 0.3 is 0 Å². The number of likely N-dealkylation sites (tertiary alicyclic amines) is 1. The number of rotatable bonds is 7. The number of hydrogen-bond donors (Lipinski definition) is 1. The molecule has 9 nitrogen and oxygen atoms in total. The minimum absolute atomic E-state index is 0.0736. The number of ether oxygens (including phenoxy) is 2. The molecule has 1 saturated heterocycles. The van der Waals surface area contributed by atoms with Crippen molar-refractivity contribution in [3.63, 3.8) is 0 Å². The number of carbonyl (C=O) groups is 2. The zero-order valence-corrected chi connectivity index (χ0v) is 23.1. The first kappa shape index (κ1) is 26.4. The number of methoxy groups -OCH3 is 2. The first-order valence-electron chi connectivity index (χ1n) is 12.7. The average molecular weight is 547 g/mol. The van der Waals surface area contributed by atoms with Crippen LogP contribution in [0.2, 0.25) is 0 Å². The van der Waals surface area contributed by atoms with Gasteiger partial charge in [-0.2, -0.15) is 0 Å². The van der Waals surface area contributed by atoms with E-state index in [1.165, 1.54) is 11.3 Å². The Kier molecular flexibility index (Phi) is 7.65. The molecule has 5 rings (SSSR count). The monoisotopic (exact) mass is 546 g/mol. The second-order valence-electron chi connectivity index (χ2n) is 9.44. The van der Waals surface area contributed by atoms with Crippen LogP contribution in [0, 0.1) is 13.8 Å². The van der Waals surface area contributed by atoms with E-state index in [0.717, 1.165) is 29.0 Å². The number of nitrogens with zero attached hydrogens (tertiary/aromatic N) is 3. The number of amides is 2. The molecule has 0 saturated carbocycles. The number of hydrogen-bond acceptors (Lipinski definition) is 8. The predicted molar refractivity (Wildman–Crippen MR) is 149 cm³/mol. The van der Waals surface area contributed by atoms with E-state index < -0.39 is 0 Å². The summed E-state index contributed by atoms with van der Waals surface area (Å²) in [5, 5.41) is 9.78. The quantitative estimate of drug-likeness (QED) is 0.317. The fourth-order valence-corrected chi connectivity index (χ4v) is 5.76. The van der Waals surface area contributed by atoms with Crippen molar-refractivity contribution >= 4 is 28.8 Å². The van der Waals surface area contributed by atoms with Crippen LogP contribution in [-0.2, 0) is 0 Å². The summed E-state index contributed by atoms with van der Waals surface area (Å²) in [5.74, 6) is 1.48. The zero-order valence-electron chi connectivity index (χ0n) is 22.3. The molecule has 0 aliphatic carbocycles. The van der Waals surface area contributed by atoms with Gasteiger partial charge in [0.25, 0.3) is 11.8 Å². The summed E-state index contributed by atoms with van der Waals surface area (Å²) in [5.41, 5.74) is 3.79. The number of aromatic nitrogens is 2. The summed E-state index contributed by atoms with van der Waals surface area (Å²) >= 11 is 1.48. The Hall–Kier alpha value is -4.18. The molecular weight excluding hydrogens is 516 g/mol. The van der Waals surface area contributed by atoms with E-state index in [9.17, 15) is 9.59 Å². The summed E-state index contributed by atoms with van der Waals surface area (Å²) in [6, 6.07) is 13.2. The van der Waals surface area contributed by atoms with Crippen LogP contribution in [-0.4, -0.2) is 54.2 Å². The van der Waals surface area contributed by atoms with Crippen LogP contribution in [0.25, 0.3) is 11.3 Å². The Bertz CT molecular complexity index is 1490. The Balaban J connectivity index is 1.23. The molecule has 2 amide bonds. The standard InChI is InChI=1S/C29H30N4O5S/c1-17-14-23(36-3)24(37-4)15-21(17)30-27(34)22-16-39-28(31-22)20-10-12-33(13-11-20)29(35)25-18(2)38-32-26(25)19-8-6-5-7-9-19/h5-9,14-16,20H,10-13H2,1-4H3,(H,30,34). The van der Waals surface area contributed by atoms with Gasteiger partial charge in [0.1, 0.15) is 22.7 Å². The van der Waals surface area contributed by atoms with Crippen LogP contribution in [0.1, 0.15) is 55.9 Å². The van der Waals surface area contributed by atoms with Gasteiger partial charge in [-0.05, 0) is 38.3 Å². The molecule has 2 aromatic heterocycles. The van der Waals surface area contributed by atoms with E-state index in [1.807, 2.05) is 48.2 Å². The molecule has 2 aromatic carbocycles. The van der Waals surface area contributed by atoms with Crippen molar-refractivity contribution in [3.8, 4) is 22.8 Å². The van der Waals surface area contributed by atoms with Crippen LogP contribution in [0.4, 0.5) is 5.69 Å². The molecule has 1 fully saturated rings. The Morgan fingerprint density at radius 2 is 1.74 bits per heavy atom. The Morgan fingerprint density at radius 1 is 1.05 bits per heavy atom. The molecule has 39 heavy (non-hydrogen) atoms. The van der Waals surface area contributed by atoms with Gasteiger partial charge in [0, 0.05) is 41.7 Å². The molecule has 4 aromatic rings. The minimum atomic E-state index is -0.281. The summed E-state index contributed by atoms with van der Waals surface area (Å²) in [7, 11) is 3.13. The lowest BCUT2D eigenvalue weighted by molar-refractivity contribution is 0.0711. The molecule has 0 bridgehead atoms. The molecule has 1 aliphatic heterocycles. The van der Waals surface area contributed by atoms with Crippen LogP contribution in [0.3, 0.4) is 0 Å². The highest BCUT2D eigenvalue weighted by Crippen LogP contribution is 2.35. The summed E-state index contributed by atoms with van der Waals surface area (Å²) < 4.78 is 16.1. The molecule has 1 aliphatic rings. The number of carbonyl (C=O) groups excluding carboxylic acids is 2. The topological polar surface area (TPSA) is 107 Å². The zero-order chi connectivity index (χ0) is 27.5. The predicted octanol–water partition coefficient (Wildman–Crippen LogP) is 5.70. The molecule has 0 unspecified atom stereocenters. The molecule has 202 valence electrons. The van der Waals surface area contributed by atoms with Crippen molar-refractivity contribution < 1.29 is 23.6 Å². The highest BCUT2D eigenvalue weighted by atomic mass is 32.1. The van der Waals surface area contributed by atoms with Crippen molar-refractivity contribution in [3.05, 3.63) is 75.4 Å². The third kappa shape index (κ3) is 5.37. The van der Waals surface area contributed by atoms with E-state index in [2.05, 4.69) is 15.5 Å². The first-order chi connectivity index (χ1) is 18.9. The SMILES string of the molecule is COc1cc(C)c(NC(=O)c2csc(C3CCN(C(=O)c4c(-c5ccccc5)noc4C)CC3)n2)cc1OC. The second-order valence-corrected chi connectivity index (χ2v) is 10.3. The summed E-state index contributed by atoms with van der Waals surface area (Å²) in [4.78, 5) is 32.9. The smallest absolute Gasteiger partial charge is 0.275 e. The number of nitrogens with one attached hydrogen (secondary N) is 1. The van der Waals surface area contributed by atoms with Crippen LogP contribution >= 0.6 is 11.3 Å². The van der Waals surface area contributed by atoms with Gasteiger partial charge in [-0.3, -0.25) is 9.59 Å². The van der Waals surface area contributed by atoms with Crippen LogP contribution < -0.4 is 14.8 Å². The second kappa shape index (κ2) is 11.3. The average Bonchev–Trinajstić information content (AvgIpc) is 3.61. The van der Waals surface area contributed by atoms with E-state index in [1.54, 1.807) is 32.6 Å². The van der Waals surface area contributed by atoms with Gasteiger partial charge in [-0.15, -0.1) is 11.3 Å². The van der Waals surface area contributed by atoms with Gasteiger partial charge in [0.15, 0.2) is 11.5 Å². The highest BCUT2D eigenvalue weighted by Gasteiger charge is 2.31. The van der Waals surface area contributed by atoms with E-state index in [-0.39, 0.29) is 17.7 Å². The molecule has 0 spiro atoms. The van der Waals surface area contributed by atoms with Gasteiger partial charge in [0.2, 0.25) is 0 Å². The van der Waals surface area contributed by atoms with Gasteiger partial charge in [-0.25, -0.2) is 4.98 Å². The van der Waals surface area contributed by atoms with Crippen molar-refractivity contribution in [2.45, 2.75) is 32.6 Å². The molecule has 10 heteroatoms. The van der Waals surface area contributed by atoms with Crippen molar-refractivity contribution in [2.24, 2.45) is 0 Å². The molecule has 0 radical (unpaired) electrons. The minimum Gasteiger partial charge on any atom is -0.493 e. The summed E-state index contributed by atoms with van der Waals surface area (Å²) in [6.07, 6.45) is 1.53. The first-order valence-corrected chi connectivity index (χ1v) is 13.6. The van der Waals surface area contributed by atoms with E-state index in [4.69, 9.17) is 14.0 Å². The maximum absolute atomic E-state index is 13.4. The van der Waals surface area contributed by atoms with E-state index in [0.29, 0.717) is 53.0 Å². The third-order valence-corrected chi connectivity index (χ3v) is 8.00. The van der Waals surface area contributed by atoms with Crippen LogP contribution in [0.5, 0.6) is 11.5 Å². The fraction of sp³-hybridized carbons (Fsp3) is 0.310. The maximum atomic E-state index is 13.4. The number of anilines is 1. The molecule has 3 heterocycles. The fourth-order valence-electron chi connectivity index (χ4n) is 4.79. The Morgan fingerprint density at radius 3 is 2.44 bits per heavy atom. The lowest BCUT2D eigenvalue weighted by atomic mass is 9.96. The largest absolute Gasteiger partial charge is 0.493 e.